The first-order valence-electron chi connectivity index (χ1n) is 5.36. The Morgan fingerprint density at radius 2 is 2.00 bits per heavy atom. The number of fused-ring (bicyclic) bond motifs is 1. The lowest BCUT2D eigenvalue weighted by Crippen LogP contribution is -2.01. The lowest BCUT2D eigenvalue weighted by Gasteiger charge is -1.97. The Labute approximate surface area is 89.7 Å². The van der Waals surface area contributed by atoms with Crippen molar-refractivity contribution in [3.05, 3.63) is 29.1 Å². The number of nitrogens with zero attached hydrogens (tertiary/aromatic N) is 1. The number of nitrogens with one attached hydrogen (secondary N) is 1. The van der Waals surface area contributed by atoms with Crippen LogP contribution in [0.25, 0.3) is 11.0 Å². The summed E-state index contributed by atoms with van der Waals surface area (Å²) in [5.41, 5.74) is 10.3. The van der Waals surface area contributed by atoms with Crippen LogP contribution in [0.4, 0.5) is 0 Å². The Kier molecular flexibility index (Phi) is 2.73. The van der Waals surface area contributed by atoms with E-state index in [2.05, 4.69) is 35.9 Å². The second kappa shape index (κ2) is 4.03. The number of nitrogens with two attached hydrogens (primary N) is 1. The molecule has 0 spiro atoms. The van der Waals surface area contributed by atoms with Gasteiger partial charge in [-0.3, -0.25) is 0 Å². The molecule has 3 nitrogen and oxygen atoms in total. The second-order valence-electron chi connectivity index (χ2n) is 4.03. The van der Waals surface area contributed by atoms with Crippen molar-refractivity contribution in [3.63, 3.8) is 0 Å². The van der Waals surface area contributed by atoms with E-state index in [1.165, 1.54) is 11.1 Å². The first kappa shape index (κ1) is 10.2. The predicted molar refractivity (Wildman–Crippen MR) is 62.9 cm³/mol. The summed E-state index contributed by atoms with van der Waals surface area (Å²) in [6.07, 6.45) is 1.92. The molecule has 3 N–H and O–H groups in total. The fraction of sp³-hybridized carbons (Fsp3) is 0.417. The van der Waals surface area contributed by atoms with Crippen LogP contribution in [0.5, 0.6) is 0 Å². The molecule has 15 heavy (non-hydrogen) atoms. The fourth-order valence-corrected chi connectivity index (χ4v) is 1.71. The zero-order valence-electron chi connectivity index (χ0n) is 9.30. The lowest BCUT2D eigenvalue weighted by atomic mass is 10.1. The van der Waals surface area contributed by atoms with Gasteiger partial charge >= 0.3 is 0 Å². The van der Waals surface area contributed by atoms with E-state index in [4.69, 9.17) is 5.73 Å². The summed E-state index contributed by atoms with van der Waals surface area (Å²) in [5.74, 6) is 1.04. The van der Waals surface area contributed by atoms with Crippen LogP contribution in [-0.4, -0.2) is 16.5 Å². The Bertz CT molecular complexity index is 432. The molecule has 1 heterocycles. The molecule has 2 aromatic rings. The van der Waals surface area contributed by atoms with E-state index in [-0.39, 0.29) is 0 Å². The van der Waals surface area contributed by atoms with Gasteiger partial charge in [0.05, 0.1) is 11.0 Å². The average molecular weight is 203 g/mol. The van der Waals surface area contributed by atoms with Crippen molar-refractivity contribution >= 4 is 11.0 Å². The van der Waals surface area contributed by atoms with Gasteiger partial charge < -0.3 is 10.7 Å². The highest BCUT2D eigenvalue weighted by Gasteiger charge is 2.04. The maximum atomic E-state index is 5.48. The Hall–Kier alpha value is -1.35. The van der Waals surface area contributed by atoms with Crippen LogP contribution in [-0.2, 0) is 6.42 Å². The monoisotopic (exact) mass is 203 g/mol. The van der Waals surface area contributed by atoms with Crippen LogP contribution in [0, 0.1) is 13.8 Å². The van der Waals surface area contributed by atoms with Crippen LogP contribution in [0.3, 0.4) is 0 Å². The number of aryl methyl sites for hydroxylation is 3. The van der Waals surface area contributed by atoms with Gasteiger partial charge in [-0.1, -0.05) is 0 Å². The maximum Gasteiger partial charge on any atom is 0.107 e. The van der Waals surface area contributed by atoms with E-state index in [9.17, 15) is 0 Å². The average Bonchev–Trinajstić information content (AvgIpc) is 2.58. The van der Waals surface area contributed by atoms with E-state index < -0.39 is 0 Å². The molecule has 0 bridgehead atoms. The zero-order valence-corrected chi connectivity index (χ0v) is 9.30. The summed E-state index contributed by atoms with van der Waals surface area (Å²) in [6.45, 7) is 4.95. The van der Waals surface area contributed by atoms with Gasteiger partial charge in [-0.25, -0.2) is 4.98 Å². The van der Waals surface area contributed by atoms with E-state index in [1.807, 2.05) is 0 Å². The van der Waals surface area contributed by atoms with Crippen LogP contribution < -0.4 is 5.73 Å². The van der Waals surface area contributed by atoms with Gasteiger partial charge in [0.2, 0.25) is 0 Å². The third-order valence-electron chi connectivity index (χ3n) is 2.76. The number of aromatic amines is 1. The topological polar surface area (TPSA) is 54.7 Å². The van der Waals surface area contributed by atoms with Gasteiger partial charge in [-0.2, -0.15) is 0 Å². The summed E-state index contributed by atoms with van der Waals surface area (Å²) >= 11 is 0. The molecule has 0 unspecified atom stereocenters. The molecule has 0 saturated heterocycles. The fourth-order valence-electron chi connectivity index (χ4n) is 1.71. The Morgan fingerprint density at radius 3 is 2.73 bits per heavy atom. The van der Waals surface area contributed by atoms with Crippen LogP contribution in [0.15, 0.2) is 12.1 Å². The lowest BCUT2D eigenvalue weighted by molar-refractivity contribution is 0.796. The smallest absolute Gasteiger partial charge is 0.107 e. The number of imidazole rings is 1. The number of H-pyrrole nitrogens is 1. The van der Waals surface area contributed by atoms with Crippen molar-refractivity contribution in [3.8, 4) is 0 Å². The summed E-state index contributed by atoms with van der Waals surface area (Å²) < 4.78 is 0. The second-order valence-corrected chi connectivity index (χ2v) is 4.03. The molecular formula is C12H17N3. The number of hydrogen-bond donors (Lipinski definition) is 2. The molecule has 0 aliphatic heterocycles. The highest BCUT2D eigenvalue weighted by molar-refractivity contribution is 5.77. The zero-order chi connectivity index (χ0) is 10.8. The number of benzene rings is 1. The normalized spacial score (nSPS) is 11.1. The molecule has 1 aromatic heterocycles. The first-order chi connectivity index (χ1) is 7.20. The van der Waals surface area contributed by atoms with Crippen molar-refractivity contribution in [2.75, 3.05) is 6.54 Å². The third kappa shape index (κ3) is 2.02. The van der Waals surface area contributed by atoms with Gasteiger partial charge in [0.1, 0.15) is 5.82 Å². The molecule has 0 aliphatic carbocycles. The largest absolute Gasteiger partial charge is 0.342 e. The first-order valence-corrected chi connectivity index (χ1v) is 5.36. The van der Waals surface area contributed by atoms with E-state index >= 15 is 0 Å². The molecular weight excluding hydrogens is 186 g/mol. The van der Waals surface area contributed by atoms with Gasteiger partial charge in [-0.05, 0) is 50.1 Å². The summed E-state index contributed by atoms with van der Waals surface area (Å²) in [6, 6.07) is 4.29. The van der Waals surface area contributed by atoms with Gasteiger partial charge in [-0.15, -0.1) is 0 Å². The molecule has 0 atom stereocenters. The van der Waals surface area contributed by atoms with Crippen molar-refractivity contribution in [2.24, 2.45) is 5.73 Å². The minimum absolute atomic E-state index is 0.717. The van der Waals surface area contributed by atoms with Crippen molar-refractivity contribution in [1.29, 1.82) is 0 Å². The molecule has 80 valence electrons. The minimum Gasteiger partial charge on any atom is -0.342 e. The SMILES string of the molecule is Cc1cc2nc(CCCN)[nH]c2cc1C. The minimum atomic E-state index is 0.717. The standard InChI is InChI=1S/C12H17N3/c1-8-6-10-11(7-9(8)2)15-12(14-10)4-3-5-13/h6-7H,3-5,13H2,1-2H3,(H,14,15). The van der Waals surface area contributed by atoms with Crippen molar-refractivity contribution in [2.45, 2.75) is 26.7 Å². The van der Waals surface area contributed by atoms with E-state index in [0.717, 1.165) is 36.2 Å². The molecule has 1 aromatic carbocycles. The predicted octanol–water partition coefficient (Wildman–Crippen LogP) is 2.07. The van der Waals surface area contributed by atoms with Gasteiger partial charge in [0.15, 0.2) is 0 Å². The van der Waals surface area contributed by atoms with Crippen LogP contribution in [0.2, 0.25) is 0 Å². The summed E-state index contributed by atoms with van der Waals surface area (Å²) in [5, 5.41) is 0. The highest BCUT2D eigenvalue weighted by atomic mass is 14.9. The van der Waals surface area contributed by atoms with Gasteiger partial charge in [0, 0.05) is 6.42 Å². The maximum absolute atomic E-state index is 5.48. The number of hydrogen-bond acceptors (Lipinski definition) is 2. The Balaban J connectivity index is 2.38. The van der Waals surface area contributed by atoms with Crippen LogP contribution in [0.1, 0.15) is 23.4 Å². The van der Waals surface area contributed by atoms with E-state index in [1.54, 1.807) is 0 Å². The highest BCUT2D eigenvalue weighted by Crippen LogP contribution is 2.17. The molecule has 0 radical (unpaired) electrons. The number of rotatable bonds is 3. The molecule has 0 aliphatic rings. The quantitative estimate of drug-likeness (QED) is 0.802. The molecule has 0 fully saturated rings. The van der Waals surface area contributed by atoms with Crippen molar-refractivity contribution in [1.82, 2.24) is 9.97 Å². The molecule has 0 amide bonds. The molecule has 3 heteroatoms. The summed E-state index contributed by atoms with van der Waals surface area (Å²) in [4.78, 5) is 7.87. The van der Waals surface area contributed by atoms with Crippen molar-refractivity contribution < 1.29 is 0 Å². The van der Waals surface area contributed by atoms with Crippen LogP contribution >= 0.6 is 0 Å². The molecule has 0 saturated carbocycles. The van der Waals surface area contributed by atoms with Gasteiger partial charge in [0.25, 0.3) is 0 Å². The summed E-state index contributed by atoms with van der Waals surface area (Å²) in [7, 11) is 0. The van der Waals surface area contributed by atoms with E-state index in [0.29, 0.717) is 0 Å². The Morgan fingerprint density at radius 1 is 1.27 bits per heavy atom. The molecule has 2 rings (SSSR count). The number of aromatic nitrogens is 2. The third-order valence-corrected chi connectivity index (χ3v) is 2.76.